The fourth-order valence-corrected chi connectivity index (χ4v) is 4.73. The van der Waals surface area contributed by atoms with Crippen LogP contribution in [0.1, 0.15) is 5.56 Å². The van der Waals surface area contributed by atoms with Gasteiger partial charge in [-0.3, -0.25) is 14.5 Å². The minimum atomic E-state index is -0.429. The van der Waals surface area contributed by atoms with Gasteiger partial charge in [0, 0.05) is 5.56 Å². The fourth-order valence-electron chi connectivity index (χ4n) is 2.60. The molecule has 0 spiro atoms. The number of carbonyl (C=O) groups is 2. The van der Waals surface area contributed by atoms with E-state index in [1.807, 2.05) is 24.3 Å². The average Bonchev–Trinajstić information content (AvgIpc) is 3.19. The van der Waals surface area contributed by atoms with Gasteiger partial charge >= 0.3 is 0 Å². The van der Waals surface area contributed by atoms with E-state index in [0.717, 1.165) is 22.0 Å². The van der Waals surface area contributed by atoms with Crippen LogP contribution >= 0.6 is 35.3 Å². The van der Waals surface area contributed by atoms with Gasteiger partial charge in [0.05, 0.1) is 15.1 Å². The Balaban J connectivity index is 1.47. The van der Waals surface area contributed by atoms with Gasteiger partial charge in [-0.1, -0.05) is 65.6 Å². The number of para-hydroxylation sites is 1. The first-order valence-corrected chi connectivity index (χ1v) is 10.2. The number of thioether (sulfide) groups is 1. The summed E-state index contributed by atoms with van der Waals surface area (Å²) in [6.45, 7) is -0.227. The van der Waals surface area contributed by atoms with Crippen molar-refractivity contribution in [2.75, 3.05) is 11.9 Å². The molecule has 0 atom stereocenters. The second-order valence-electron chi connectivity index (χ2n) is 5.82. The van der Waals surface area contributed by atoms with Gasteiger partial charge in [0.1, 0.15) is 16.7 Å². The van der Waals surface area contributed by atoms with E-state index < -0.39 is 17.6 Å². The van der Waals surface area contributed by atoms with Crippen molar-refractivity contribution in [3.8, 4) is 0 Å². The molecule has 2 aromatic carbocycles. The molecule has 28 heavy (non-hydrogen) atoms. The number of hydrogen-bond donors (Lipinski definition) is 1. The molecule has 3 aromatic rings. The molecule has 140 valence electrons. The minimum Gasteiger partial charge on any atom is -0.300 e. The number of nitrogens with one attached hydrogen (secondary N) is 1. The van der Waals surface area contributed by atoms with E-state index in [2.05, 4.69) is 10.3 Å². The number of fused-ring (bicyclic) bond motifs is 1. The number of amides is 2. The molecule has 0 saturated carbocycles. The minimum absolute atomic E-state index is 0.227. The summed E-state index contributed by atoms with van der Waals surface area (Å²) in [5.41, 5.74) is 1.09. The Morgan fingerprint density at radius 1 is 1.21 bits per heavy atom. The molecule has 1 saturated heterocycles. The Bertz CT molecular complexity index is 1110. The van der Waals surface area contributed by atoms with Crippen molar-refractivity contribution in [2.45, 2.75) is 0 Å². The predicted octanol–water partition coefficient (Wildman–Crippen LogP) is 4.28. The lowest BCUT2D eigenvalue weighted by atomic mass is 10.2. The van der Waals surface area contributed by atoms with Gasteiger partial charge in [0.2, 0.25) is 5.91 Å². The van der Waals surface area contributed by atoms with E-state index >= 15 is 0 Å². The van der Waals surface area contributed by atoms with Crippen molar-refractivity contribution in [1.82, 2.24) is 9.88 Å². The number of benzene rings is 2. The normalized spacial score (nSPS) is 15.6. The molecule has 0 aliphatic carbocycles. The lowest BCUT2D eigenvalue weighted by Crippen LogP contribution is -2.36. The number of rotatable bonds is 4. The van der Waals surface area contributed by atoms with Crippen LogP contribution in [-0.4, -0.2) is 32.6 Å². The second-order valence-corrected chi connectivity index (χ2v) is 8.53. The number of halogens is 1. The standard InChI is InChI=1S/C19H12FN3O2S3/c20-12-6-2-1-5-11(12)9-15-17(25)23(19(26)28-15)10-16(24)22-18-21-13-7-3-4-8-14(13)27-18/h1-9H,10H2,(H,21,22,24)/b15-9+. The van der Waals surface area contributed by atoms with Crippen LogP contribution in [0.25, 0.3) is 16.3 Å². The molecule has 1 N–H and O–H groups in total. The van der Waals surface area contributed by atoms with Crippen LogP contribution in [0, 0.1) is 5.82 Å². The number of carbonyl (C=O) groups excluding carboxylic acids is 2. The summed E-state index contributed by atoms with van der Waals surface area (Å²) in [6.07, 6.45) is 1.44. The van der Waals surface area contributed by atoms with Crippen molar-refractivity contribution in [3.05, 3.63) is 64.8 Å². The van der Waals surface area contributed by atoms with Crippen LogP contribution < -0.4 is 5.32 Å². The number of hydrogen-bond acceptors (Lipinski definition) is 6. The lowest BCUT2D eigenvalue weighted by molar-refractivity contribution is -0.126. The molecule has 9 heteroatoms. The summed E-state index contributed by atoms with van der Waals surface area (Å²) < 4.78 is 15.0. The van der Waals surface area contributed by atoms with Crippen molar-refractivity contribution in [1.29, 1.82) is 0 Å². The quantitative estimate of drug-likeness (QED) is 0.496. The van der Waals surface area contributed by atoms with Gasteiger partial charge in [-0.15, -0.1) is 0 Å². The number of aromatic nitrogens is 1. The molecular formula is C19H12FN3O2S3. The lowest BCUT2D eigenvalue weighted by Gasteiger charge is -2.13. The van der Waals surface area contributed by atoms with E-state index in [-0.39, 0.29) is 15.8 Å². The summed E-state index contributed by atoms with van der Waals surface area (Å²) in [5.74, 6) is -1.25. The molecular weight excluding hydrogens is 417 g/mol. The molecule has 0 unspecified atom stereocenters. The number of thiazole rings is 1. The van der Waals surface area contributed by atoms with Crippen LogP contribution in [-0.2, 0) is 9.59 Å². The van der Waals surface area contributed by atoms with Crippen LogP contribution in [0.15, 0.2) is 53.4 Å². The number of anilines is 1. The Kier molecular flexibility index (Phi) is 5.21. The number of nitrogens with zero attached hydrogens (tertiary/aromatic N) is 2. The van der Waals surface area contributed by atoms with E-state index in [4.69, 9.17) is 12.2 Å². The summed E-state index contributed by atoms with van der Waals surface area (Å²) in [5, 5.41) is 3.16. The maximum atomic E-state index is 13.8. The zero-order chi connectivity index (χ0) is 19.7. The number of thiocarbonyl (C=S) groups is 1. The predicted molar refractivity (Wildman–Crippen MR) is 115 cm³/mol. The molecule has 2 amide bonds. The highest BCUT2D eigenvalue weighted by atomic mass is 32.2. The zero-order valence-electron chi connectivity index (χ0n) is 14.2. The molecule has 0 radical (unpaired) electrons. The largest absolute Gasteiger partial charge is 0.300 e. The molecule has 1 fully saturated rings. The first kappa shape index (κ1) is 18.7. The van der Waals surface area contributed by atoms with Crippen molar-refractivity contribution in [2.24, 2.45) is 0 Å². The summed E-state index contributed by atoms with van der Waals surface area (Å²) in [4.78, 5) is 30.8. The molecule has 2 heterocycles. The van der Waals surface area contributed by atoms with Gasteiger partial charge in [-0.05, 0) is 24.3 Å². The van der Waals surface area contributed by atoms with Gasteiger partial charge in [-0.2, -0.15) is 0 Å². The van der Waals surface area contributed by atoms with Gasteiger partial charge in [0.15, 0.2) is 5.13 Å². The highest BCUT2D eigenvalue weighted by molar-refractivity contribution is 8.26. The topological polar surface area (TPSA) is 62.3 Å². The Morgan fingerprint density at radius 2 is 1.96 bits per heavy atom. The van der Waals surface area contributed by atoms with Crippen LogP contribution in [0.5, 0.6) is 0 Å². The maximum absolute atomic E-state index is 13.8. The monoisotopic (exact) mass is 429 g/mol. The van der Waals surface area contributed by atoms with Gasteiger partial charge < -0.3 is 5.32 Å². The SMILES string of the molecule is O=C(CN1C(=O)/C(=C\c2ccccc2F)SC1=S)Nc1nc2ccccc2s1. The molecule has 5 nitrogen and oxygen atoms in total. The van der Waals surface area contributed by atoms with Crippen molar-refractivity contribution in [3.63, 3.8) is 0 Å². The van der Waals surface area contributed by atoms with Crippen molar-refractivity contribution < 1.29 is 14.0 Å². The highest BCUT2D eigenvalue weighted by Gasteiger charge is 2.33. The molecule has 4 rings (SSSR count). The summed E-state index contributed by atoms with van der Waals surface area (Å²) in [6, 6.07) is 13.7. The molecule has 0 bridgehead atoms. The van der Waals surface area contributed by atoms with Gasteiger partial charge in [-0.25, -0.2) is 9.37 Å². The third-order valence-corrected chi connectivity index (χ3v) is 6.24. The average molecular weight is 430 g/mol. The van der Waals surface area contributed by atoms with E-state index in [9.17, 15) is 14.0 Å². The van der Waals surface area contributed by atoms with E-state index in [1.54, 1.807) is 18.2 Å². The first-order chi connectivity index (χ1) is 13.5. The summed E-state index contributed by atoms with van der Waals surface area (Å²) in [7, 11) is 0. The third kappa shape index (κ3) is 3.82. The smallest absolute Gasteiger partial charge is 0.266 e. The van der Waals surface area contributed by atoms with E-state index in [0.29, 0.717) is 10.7 Å². The van der Waals surface area contributed by atoms with Gasteiger partial charge in [0.25, 0.3) is 5.91 Å². The second kappa shape index (κ2) is 7.78. The Morgan fingerprint density at radius 3 is 2.75 bits per heavy atom. The first-order valence-electron chi connectivity index (χ1n) is 8.16. The molecule has 1 aromatic heterocycles. The fraction of sp³-hybridized carbons (Fsp3) is 0.0526. The van der Waals surface area contributed by atoms with Crippen LogP contribution in [0.4, 0.5) is 9.52 Å². The van der Waals surface area contributed by atoms with Crippen LogP contribution in [0.2, 0.25) is 0 Å². The molecule has 1 aliphatic heterocycles. The van der Waals surface area contributed by atoms with Crippen LogP contribution in [0.3, 0.4) is 0 Å². The Labute approximate surface area is 173 Å². The summed E-state index contributed by atoms with van der Waals surface area (Å²) >= 11 is 7.62. The third-order valence-electron chi connectivity index (χ3n) is 3.91. The van der Waals surface area contributed by atoms with E-state index in [1.165, 1.54) is 28.4 Å². The Hall–Kier alpha value is -2.62. The van der Waals surface area contributed by atoms with Crippen molar-refractivity contribution >= 4 is 72.9 Å². The zero-order valence-corrected chi connectivity index (χ0v) is 16.7. The highest BCUT2D eigenvalue weighted by Crippen LogP contribution is 2.33. The maximum Gasteiger partial charge on any atom is 0.266 e. The molecule has 1 aliphatic rings.